The molecule has 1 amide bonds. The van der Waals surface area contributed by atoms with Crippen molar-refractivity contribution in [1.82, 2.24) is 24.9 Å². The monoisotopic (exact) mass is 413 g/mol. The maximum absolute atomic E-state index is 12.6. The molecule has 6 heteroatoms. The molecule has 0 radical (unpaired) electrons. The molecule has 3 heterocycles. The number of hydrogen-bond acceptors (Lipinski definition) is 3. The van der Waals surface area contributed by atoms with E-state index in [1.165, 1.54) is 16.5 Å². The van der Waals surface area contributed by atoms with Gasteiger partial charge in [-0.25, -0.2) is 0 Å². The fraction of sp³-hybridized carbons (Fsp3) is 0.320. The van der Waals surface area contributed by atoms with E-state index in [1.807, 2.05) is 24.4 Å². The van der Waals surface area contributed by atoms with Gasteiger partial charge >= 0.3 is 0 Å². The van der Waals surface area contributed by atoms with Crippen molar-refractivity contribution in [2.24, 2.45) is 5.92 Å². The highest BCUT2D eigenvalue weighted by Gasteiger charge is 2.23. The van der Waals surface area contributed by atoms with Crippen LogP contribution in [-0.4, -0.2) is 43.9 Å². The van der Waals surface area contributed by atoms with Crippen LogP contribution in [0.1, 0.15) is 24.8 Å². The summed E-state index contributed by atoms with van der Waals surface area (Å²) in [4.78, 5) is 14.7. The third-order valence-electron chi connectivity index (χ3n) is 6.38. The van der Waals surface area contributed by atoms with Gasteiger partial charge in [-0.05, 0) is 48.9 Å². The summed E-state index contributed by atoms with van der Waals surface area (Å²) in [6, 6.07) is 18.9. The smallest absolute Gasteiger partial charge is 0.222 e. The number of carbonyl (C=O) groups is 1. The Bertz CT molecular complexity index is 1140. The van der Waals surface area contributed by atoms with Gasteiger partial charge in [-0.2, -0.15) is 0 Å². The molecule has 5 rings (SSSR count). The Morgan fingerprint density at radius 3 is 2.68 bits per heavy atom. The zero-order valence-electron chi connectivity index (χ0n) is 17.6. The van der Waals surface area contributed by atoms with Gasteiger partial charge in [0.2, 0.25) is 5.91 Å². The molecule has 1 saturated heterocycles. The molecule has 6 nitrogen and oxygen atoms in total. The van der Waals surface area contributed by atoms with Crippen molar-refractivity contribution in [2.75, 3.05) is 13.1 Å². The molecule has 0 atom stereocenters. The quantitative estimate of drug-likeness (QED) is 0.513. The maximum Gasteiger partial charge on any atom is 0.222 e. The fourth-order valence-electron chi connectivity index (χ4n) is 4.56. The Balaban J connectivity index is 1.16. The van der Waals surface area contributed by atoms with Crippen molar-refractivity contribution < 1.29 is 4.79 Å². The number of aryl methyl sites for hydroxylation is 1. The number of piperidine rings is 1. The molecule has 2 aromatic carbocycles. The topological polar surface area (TPSA) is 66.8 Å². The molecule has 31 heavy (non-hydrogen) atoms. The van der Waals surface area contributed by atoms with E-state index < -0.39 is 0 Å². The molecule has 1 fully saturated rings. The molecule has 1 aliphatic heterocycles. The van der Waals surface area contributed by atoms with Crippen molar-refractivity contribution >= 4 is 16.8 Å². The van der Waals surface area contributed by atoms with Gasteiger partial charge < -0.3 is 9.47 Å². The van der Waals surface area contributed by atoms with E-state index in [9.17, 15) is 4.79 Å². The van der Waals surface area contributed by atoms with E-state index in [1.54, 1.807) is 0 Å². The minimum Gasteiger partial charge on any atom is -0.347 e. The Kier molecular flexibility index (Phi) is 5.52. The van der Waals surface area contributed by atoms with Crippen LogP contribution in [0.2, 0.25) is 0 Å². The van der Waals surface area contributed by atoms with Crippen molar-refractivity contribution in [3.8, 4) is 11.3 Å². The second kappa shape index (κ2) is 8.76. The zero-order valence-corrected chi connectivity index (χ0v) is 17.6. The van der Waals surface area contributed by atoms with E-state index in [0.29, 0.717) is 12.3 Å². The van der Waals surface area contributed by atoms with Crippen molar-refractivity contribution in [2.45, 2.75) is 32.2 Å². The first-order chi connectivity index (χ1) is 15.3. The fourth-order valence-corrected chi connectivity index (χ4v) is 4.56. The Morgan fingerprint density at radius 1 is 1.06 bits per heavy atom. The third kappa shape index (κ3) is 4.38. The lowest BCUT2D eigenvalue weighted by molar-refractivity contribution is -0.132. The lowest BCUT2D eigenvalue weighted by atomic mass is 9.96. The minimum absolute atomic E-state index is 0.286. The van der Waals surface area contributed by atoms with Gasteiger partial charge in [-0.3, -0.25) is 9.89 Å². The number of likely N-dealkylation sites (tertiary alicyclic amines) is 1. The normalized spacial score (nSPS) is 14.9. The lowest BCUT2D eigenvalue weighted by Gasteiger charge is -2.32. The second-order valence-corrected chi connectivity index (χ2v) is 8.41. The van der Waals surface area contributed by atoms with Gasteiger partial charge in [0.15, 0.2) is 0 Å². The predicted molar refractivity (Wildman–Crippen MR) is 121 cm³/mol. The van der Waals surface area contributed by atoms with E-state index in [0.717, 1.165) is 50.2 Å². The summed E-state index contributed by atoms with van der Waals surface area (Å²) in [5, 5.41) is 11.9. The molecule has 0 spiro atoms. The third-order valence-corrected chi connectivity index (χ3v) is 6.38. The highest BCUT2D eigenvalue weighted by Crippen LogP contribution is 2.26. The Morgan fingerprint density at radius 2 is 1.90 bits per heavy atom. The number of hydrogen-bond donors (Lipinski definition) is 1. The highest BCUT2D eigenvalue weighted by molar-refractivity contribution is 5.85. The first-order valence-electron chi connectivity index (χ1n) is 11.0. The van der Waals surface area contributed by atoms with E-state index in [4.69, 9.17) is 0 Å². The number of carbonyl (C=O) groups excluding carboxylic acids is 1. The van der Waals surface area contributed by atoms with E-state index >= 15 is 0 Å². The Labute approximate surface area is 181 Å². The van der Waals surface area contributed by atoms with E-state index in [2.05, 4.69) is 67.5 Å². The Hall–Kier alpha value is -3.41. The second-order valence-electron chi connectivity index (χ2n) is 8.41. The molecular formula is C25H27N5O. The van der Waals surface area contributed by atoms with Crippen LogP contribution in [-0.2, 0) is 17.8 Å². The number of aromatic amines is 1. The number of benzene rings is 2. The van der Waals surface area contributed by atoms with Crippen LogP contribution in [0.15, 0.2) is 67.0 Å². The van der Waals surface area contributed by atoms with Crippen LogP contribution in [0.3, 0.4) is 0 Å². The molecular weight excluding hydrogens is 386 g/mol. The molecule has 1 aliphatic rings. The van der Waals surface area contributed by atoms with E-state index in [-0.39, 0.29) is 5.91 Å². The minimum atomic E-state index is 0.286. The molecule has 158 valence electrons. The van der Waals surface area contributed by atoms with Crippen LogP contribution in [0, 0.1) is 5.92 Å². The number of nitrogens with one attached hydrogen (secondary N) is 1. The number of rotatable bonds is 6. The first kappa shape index (κ1) is 19.5. The van der Waals surface area contributed by atoms with Gasteiger partial charge in [0.05, 0.1) is 0 Å². The number of amides is 1. The van der Waals surface area contributed by atoms with Gasteiger partial charge in [0, 0.05) is 54.9 Å². The van der Waals surface area contributed by atoms with Crippen molar-refractivity contribution in [3.63, 3.8) is 0 Å². The molecule has 0 aliphatic carbocycles. The van der Waals surface area contributed by atoms with Crippen molar-refractivity contribution in [3.05, 3.63) is 72.6 Å². The average Bonchev–Trinajstić information content (AvgIpc) is 3.49. The molecule has 0 unspecified atom stereocenters. The summed E-state index contributed by atoms with van der Waals surface area (Å²) < 4.78 is 2.35. The van der Waals surface area contributed by atoms with Crippen LogP contribution in [0.5, 0.6) is 0 Å². The number of nitrogens with zero attached hydrogens (tertiary/aromatic N) is 4. The molecule has 0 bridgehead atoms. The zero-order chi connectivity index (χ0) is 21.0. The summed E-state index contributed by atoms with van der Waals surface area (Å²) in [5.41, 5.74) is 4.41. The number of H-pyrrole nitrogens is 1. The SMILES string of the molecule is O=C(CCc1ccccc1)N1CCC(Cn2ccc3cc(-c4c[nH]nn4)ccc32)CC1. The summed E-state index contributed by atoms with van der Waals surface area (Å²) in [7, 11) is 0. The summed E-state index contributed by atoms with van der Waals surface area (Å²) in [5.74, 6) is 0.887. The van der Waals surface area contributed by atoms with Gasteiger partial charge in [0.1, 0.15) is 5.69 Å². The van der Waals surface area contributed by atoms with Crippen LogP contribution >= 0.6 is 0 Å². The lowest BCUT2D eigenvalue weighted by Crippen LogP contribution is -2.39. The molecule has 0 saturated carbocycles. The number of fused-ring (bicyclic) bond motifs is 1. The molecule has 1 N–H and O–H groups in total. The predicted octanol–water partition coefficient (Wildman–Crippen LogP) is 4.30. The van der Waals surface area contributed by atoms with Gasteiger partial charge in [-0.15, -0.1) is 5.10 Å². The first-order valence-corrected chi connectivity index (χ1v) is 11.0. The van der Waals surface area contributed by atoms with Gasteiger partial charge in [0.25, 0.3) is 0 Å². The van der Waals surface area contributed by atoms with Crippen LogP contribution in [0.4, 0.5) is 0 Å². The standard InChI is InChI=1S/C25H27N5O/c31-25(9-6-19-4-2-1-3-5-19)29-13-10-20(11-14-29)18-30-15-12-22-16-21(7-8-24(22)30)23-17-26-28-27-23/h1-5,7-8,12,15-17,20H,6,9-11,13-14,18H2,(H,26,27,28). The molecule has 2 aromatic heterocycles. The van der Waals surface area contributed by atoms with Gasteiger partial charge in [-0.1, -0.05) is 41.6 Å². The molecule has 4 aromatic rings. The summed E-state index contributed by atoms with van der Waals surface area (Å²) in [6.45, 7) is 2.74. The maximum atomic E-state index is 12.6. The van der Waals surface area contributed by atoms with Crippen LogP contribution in [0.25, 0.3) is 22.2 Å². The largest absolute Gasteiger partial charge is 0.347 e. The average molecular weight is 414 g/mol. The van der Waals surface area contributed by atoms with Crippen molar-refractivity contribution in [1.29, 1.82) is 0 Å². The summed E-state index contributed by atoms with van der Waals surface area (Å²) in [6.07, 6.45) is 7.54. The number of aromatic nitrogens is 4. The van der Waals surface area contributed by atoms with Crippen LogP contribution < -0.4 is 0 Å². The summed E-state index contributed by atoms with van der Waals surface area (Å²) >= 11 is 0. The highest BCUT2D eigenvalue weighted by atomic mass is 16.2.